The molecule has 0 bridgehead atoms. The second kappa shape index (κ2) is 7.10. The van der Waals surface area contributed by atoms with Crippen LogP contribution in [0.25, 0.3) is 0 Å². The van der Waals surface area contributed by atoms with Crippen LogP contribution in [0.4, 0.5) is 0 Å². The van der Waals surface area contributed by atoms with Crippen molar-refractivity contribution in [3.63, 3.8) is 0 Å². The molecule has 0 aliphatic rings. The number of methoxy groups -OCH3 is 1. The van der Waals surface area contributed by atoms with Crippen molar-refractivity contribution in [3.05, 3.63) is 12.2 Å². The van der Waals surface area contributed by atoms with Gasteiger partial charge in [0.25, 0.3) is 0 Å². The molecule has 2 nitrogen and oxygen atoms in total. The summed E-state index contributed by atoms with van der Waals surface area (Å²) in [5, 5.41) is 0. The molecule has 13 heavy (non-hydrogen) atoms. The van der Waals surface area contributed by atoms with E-state index in [0.717, 1.165) is 25.7 Å². The summed E-state index contributed by atoms with van der Waals surface area (Å²) in [6, 6.07) is 0.255. The van der Waals surface area contributed by atoms with Crippen LogP contribution in [0.2, 0.25) is 0 Å². The largest absolute Gasteiger partial charge is 0.382 e. The van der Waals surface area contributed by atoms with E-state index in [1.54, 1.807) is 7.11 Å². The van der Waals surface area contributed by atoms with E-state index < -0.39 is 0 Å². The van der Waals surface area contributed by atoms with E-state index in [4.69, 9.17) is 10.5 Å². The van der Waals surface area contributed by atoms with Gasteiger partial charge in [-0.15, -0.1) is 0 Å². The molecule has 2 N–H and O–H groups in total. The van der Waals surface area contributed by atoms with Gasteiger partial charge in [0, 0.05) is 13.2 Å². The third kappa shape index (κ3) is 6.79. The Labute approximate surface area is 82.2 Å². The van der Waals surface area contributed by atoms with Crippen LogP contribution in [-0.4, -0.2) is 19.3 Å². The molecule has 0 aliphatic carbocycles. The summed E-state index contributed by atoms with van der Waals surface area (Å²) in [7, 11) is 1.74. The van der Waals surface area contributed by atoms with Gasteiger partial charge in [-0.05, 0) is 32.6 Å². The Morgan fingerprint density at radius 3 is 2.54 bits per heavy atom. The van der Waals surface area contributed by atoms with Crippen LogP contribution in [0.15, 0.2) is 12.2 Å². The van der Waals surface area contributed by atoms with E-state index in [-0.39, 0.29) is 6.04 Å². The van der Waals surface area contributed by atoms with Crippen molar-refractivity contribution < 1.29 is 4.74 Å². The van der Waals surface area contributed by atoms with Crippen molar-refractivity contribution in [2.75, 3.05) is 7.11 Å². The summed E-state index contributed by atoms with van der Waals surface area (Å²) in [4.78, 5) is 0. The quantitative estimate of drug-likeness (QED) is 0.618. The third-order valence-electron chi connectivity index (χ3n) is 2.40. The van der Waals surface area contributed by atoms with Gasteiger partial charge in [-0.25, -0.2) is 0 Å². The van der Waals surface area contributed by atoms with E-state index in [2.05, 4.69) is 20.4 Å². The van der Waals surface area contributed by atoms with E-state index >= 15 is 0 Å². The summed E-state index contributed by atoms with van der Waals surface area (Å²) < 4.78 is 5.15. The lowest BCUT2D eigenvalue weighted by Crippen LogP contribution is -2.22. The topological polar surface area (TPSA) is 35.2 Å². The van der Waals surface area contributed by atoms with E-state index in [1.807, 2.05) is 0 Å². The number of ether oxygens (including phenoxy) is 1. The molecule has 0 radical (unpaired) electrons. The minimum Gasteiger partial charge on any atom is -0.382 e. The van der Waals surface area contributed by atoms with Gasteiger partial charge in [-0.2, -0.15) is 0 Å². The first kappa shape index (κ1) is 12.7. The summed E-state index contributed by atoms with van der Waals surface area (Å²) in [5.74, 6) is 0. The van der Waals surface area contributed by atoms with Gasteiger partial charge in [0.15, 0.2) is 0 Å². The standard InChI is InChI=1S/C11H23NO/c1-5-9(2)8-11(12)7-6-10(3)13-4/h10-11H,2,5-8,12H2,1,3-4H3. The molecule has 0 aromatic heterocycles. The Hall–Kier alpha value is -0.340. The molecule has 2 atom stereocenters. The molecule has 0 amide bonds. The van der Waals surface area contributed by atoms with Crippen LogP contribution in [0, 0.1) is 0 Å². The molecule has 0 spiro atoms. The average molecular weight is 185 g/mol. The van der Waals surface area contributed by atoms with Crippen LogP contribution >= 0.6 is 0 Å². The Bertz CT molecular complexity index is 145. The number of hydrogen-bond acceptors (Lipinski definition) is 2. The minimum absolute atomic E-state index is 0.255. The van der Waals surface area contributed by atoms with Crippen LogP contribution < -0.4 is 5.73 Å². The van der Waals surface area contributed by atoms with Gasteiger partial charge in [0.2, 0.25) is 0 Å². The summed E-state index contributed by atoms with van der Waals surface area (Å²) >= 11 is 0. The maximum atomic E-state index is 5.94. The molecular formula is C11H23NO. The zero-order valence-corrected chi connectivity index (χ0v) is 9.18. The van der Waals surface area contributed by atoms with Crippen molar-refractivity contribution in [1.29, 1.82) is 0 Å². The molecule has 0 heterocycles. The van der Waals surface area contributed by atoms with Crippen molar-refractivity contribution >= 4 is 0 Å². The Morgan fingerprint density at radius 1 is 1.46 bits per heavy atom. The van der Waals surface area contributed by atoms with Gasteiger partial charge >= 0.3 is 0 Å². The molecule has 78 valence electrons. The number of rotatable bonds is 7. The smallest absolute Gasteiger partial charge is 0.0543 e. The fourth-order valence-corrected chi connectivity index (χ4v) is 1.18. The second-order valence-corrected chi connectivity index (χ2v) is 3.69. The summed E-state index contributed by atoms with van der Waals surface area (Å²) in [6.45, 7) is 8.14. The normalized spacial score (nSPS) is 15.4. The third-order valence-corrected chi connectivity index (χ3v) is 2.40. The second-order valence-electron chi connectivity index (χ2n) is 3.69. The van der Waals surface area contributed by atoms with Gasteiger partial charge in [0.05, 0.1) is 6.10 Å². The van der Waals surface area contributed by atoms with Crippen LogP contribution in [0.1, 0.15) is 39.5 Å². The van der Waals surface area contributed by atoms with Gasteiger partial charge < -0.3 is 10.5 Å². The lowest BCUT2D eigenvalue weighted by molar-refractivity contribution is 0.107. The molecule has 0 aromatic rings. The highest BCUT2D eigenvalue weighted by Gasteiger charge is 2.06. The molecule has 0 saturated carbocycles. The van der Waals surface area contributed by atoms with Crippen molar-refractivity contribution in [1.82, 2.24) is 0 Å². The highest BCUT2D eigenvalue weighted by Crippen LogP contribution is 2.11. The van der Waals surface area contributed by atoms with Crippen molar-refractivity contribution in [3.8, 4) is 0 Å². The SMILES string of the molecule is C=C(CC)CC(N)CCC(C)OC. The predicted molar refractivity (Wildman–Crippen MR) is 57.7 cm³/mol. The first-order chi connectivity index (χ1) is 6.10. The minimum atomic E-state index is 0.255. The fraction of sp³-hybridized carbons (Fsp3) is 0.818. The van der Waals surface area contributed by atoms with Crippen molar-refractivity contribution in [2.45, 2.75) is 51.7 Å². The lowest BCUT2D eigenvalue weighted by Gasteiger charge is -2.15. The zero-order chi connectivity index (χ0) is 10.3. The molecule has 0 fully saturated rings. The molecule has 0 aromatic carbocycles. The first-order valence-corrected chi connectivity index (χ1v) is 5.05. The van der Waals surface area contributed by atoms with E-state index in [9.17, 15) is 0 Å². The molecule has 0 saturated heterocycles. The molecule has 0 aliphatic heterocycles. The predicted octanol–water partition coefficient (Wildman–Crippen LogP) is 2.49. The van der Waals surface area contributed by atoms with Crippen LogP contribution in [0.3, 0.4) is 0 Å². The first-order valence-electron chi connectivity index (χ1n) is 5.05. The number of hydrogen-bond donors (Lipinski definition) is 1. The Balaban J connectivity index is 3.50. The highest BCUT2D eigenvalue weighted by atomic mass is 16.5. The van der Waals surface area contributed by atoms with Crippen LogP contribution in [0.5, 0.6) is 0 Å². The average Bonchev–Trinajstić information content (AvgIpc) is 2.13. The zero-order valence-electron chi connectivity index (χ0n) is 9.18. The van der Waals surface area contributed by atoms with Crippen LogP contribution in [-0.2, 0) is 4.74 Å². The van der Waals surface area contributed by atoms with E-state index in [0.29, 0.717) is 6.10 Å². The van der Waals surface area contributed by atoms with Crippen molar-refractivity contribution in [2.24, 2.45) is 5.73 Å². The molecule has 2 unspecified atom stereocenters. The number of nitrogens with two attached hydrogens (primary N) is 1. The maximum absolute atomic E-state index is 5.94. The molecule has 2 heteroatoms. The molecule has 0 rings (SSSR count). The van der Waals surface area contributed by atoms with Gasteiger partial charge in [0.1, 0.15) is 0 Å². The van der Waals surface area contributed by atoms with Gasteiger partial charge in [-0.3, -0.25) is 0 Å². The van der Waals surface area contributed by atoms with E-state index in [1.165, 1.54) is 5.57 Å². The monoisotopic (exact) mass is 185 g/mol. The fourth-order valence-electron chi connectivity index (χ4n) is 1.18. The lowest BCUT2D eigenvalue weighted by atomic mass is 10.0. The maximum Gasteiger partial charge on any atom is 0.0543 e. The Morgan fingerprint density at radius 2 is 2.08 bits per heavy atom. The molecular weight excluding hydrogens is 162 g/mol. The Kier molecular flexibility index (Phi) is 6.92. The summed E-state index contributed by atoms with van der Waals surface area (Å²) in [6.07, 6.45) is 4.37. The summed E-state index contributed by atoms with van der Waals surface area (Å²) in [5.41, 5.74) is 7.18. The van der Waals surface area contributed by atoms with Gasteiger partial charge in [-0.1, -0.05) is 19.1 Å². The highest BCUT2D eigenvalue weighted by molar-refractivity contribution is 4.95.